The maximum Gasteiger partial charge on any atom is 0.453 e. The second-order valence-corrected chi connectivity index (χ2v) is 7.10. The highest BCUT2D eigenvalue weighted by Crippen LogP contribution is 2.40. The molecule has 1 rings (SSSR count). The minimum Gasteiger partial charge on any atom is -0.469 e. The third-order valence-corrected chi connectivity index (χ3v) is 5.11. The van der Waals surface area contributed by atoms with Crippen LogP contribution in [0.5, 0.6) is 0 Å². The van der Waals surface area contributed by atoms with Gasteiger partial charge >= 0.3 is 18.1 Å². The summed E-state index contributed by atoms with van der Waals surface area (Å²) in [6.45, 7) is 0. The Bertz CT molecular complexity index is 657. The van der Waals surface area contributed by atoms with Gasteiger partial charge in [0.2, 0.25) is 0 Å². The molecule has 0 bridgehead atoms. The van der Waals surface area contributed by atoms with E-state index in [2.05, 4.69) is 14.8 Å². The first-order valence-electron chi connectivity index (χ1n) is 8.25. The van der Waals surface area contributed by atoms with Gasteiger partial charge in [0.1, 0.15) is 0 Å². The van der Waals surface area contributed by atoms with E-state index in [1.165, 1.54) is 18.4 Å². The number of ether oxygens (including phenoxy) is 1. The summed E-state index contributed by atoms with van der Waals surface area (Å²) in [7, 11) is 1.31. The van der Waals surface area contributed by atoms with Crippen LogP contribution in [0.25, 0.3) is 10.4 Å². The van der Waals surface area contributed by atoms with E-state index in [0.717, 1.165) is 11.3 Å². The highest BCUT2D eigenvalue weighted by atomic mass is 32.1. The molecule has 1 aromatic heterocycles. The number of rotatable bonds is 11. The molecule has 0 aliphatic carbocycles. The highest BCUT2D eigenvalue weighted by Gasteiger charge is 2.56. The summed E-state index contributed by atoms with van der Waals surface area (Å²) in [6.07, 6.45) is -5.09. The molecular formula is C16H20F5N3O2S. The molecule has 1 unspecified atom stereocenters. The number of nitrogens with zero attached hydrogens (tertiary/aromatic N) is 3. The summed E-state index contributed by atoms with van der Waals surface area (Å²) in [6, 6.07) is 2.69. The summed E-state index contributed by atoms with van der Waals surface area (Å²) in [5, 5.41) is 3.52. The number of alkyl halides is 5. The van der Waals surface area contributed by atoms with Gasteiger partial charge in [0.25, 0.3) is 0 Å². The van der Waals surface area contributed by atoms with Gasteiger partial charge in [-0.25, -0.2) is 0 Å². The van der Waals surface area contributed by atoms with E-state index in [4.69, 9.17) is 5.53 Å². The predicted molar refractivity (Wildman–Crippen MR) is 90.6 cm³/mol. The molecule has 152 valence electrons. The zero-order valence-electron chi connectivity index (χ0n) is 14.6. The Hall–Kier alpha value is -1.87. The van der Waals surface area contributed by atoms with Crippen LogP contribution in [0.1, 0.15) is 54.3 Å². The molecule has 27 heavy (non-hydrogen) atoms. The fourth-order valence-electron chi connectivity index (χ4n) is 2.36. The fraction of sp³-hybridized carbons (Fsp3) is 0.688. The number of unbranched alkanes of at least 4 members (excludes halogenated alkanes) is 1. The first kappa shape index (κ1) is 23.2. The van der Waals surface area contributed by atoms with Crippen molar-refractivity contribution < 1.29 is 31.5 Å². The van der Waals surface area contributed by atoms with Crippen molar-refractivity contribution in [1.29, 1.82) is 0 Å². The van der Waals surface area contributed by atoms with Crippen molar-refractivity contribution in [1.82, 2.24) is 0 Å². The largest absolute Gasteiger partial charge is 0.469 e. The lowest BCUT2D eigenvalue weighted by Crippen LogP contribution is -2.36. The standard InChI is InChI=1S/C16H20F5N3O2S/c1-26-14(25)7-3-2-5-11-8-9-13(27-11)12(23-24-22)6-4-10-15(17,18)16(19,20)21/h8-9,12H,2-7,10H2,1H3. The van der Waals surface area contributed by atoms with Crippen molar-refractivity contribution in [3.05, 3.63) is 32.3 Å². The molecule has 1 atom stereocenters. The van der Waals surface area contributed by atoms with Crippen LogP contribution in [0.2, 0.25) is 0 Å². The molecule has 11 heteroatoms. The van der Waals surface area contributed by atoms with Gasteiger partial charge in [-0.15, -0.1) is 11.3 Å². The van der Waals surface area contributed by atoms with Gasteiger partial charge in [0.15, 0.2) is 0 Å². The first-order valence-corrected chi connectivity index (χ1v) is 9.06. The van der Waals surface area contributed by atoms with E-state index < -0.39 is 31.0 Å². The molecule has 0 saturated heterocycles. The van der Waals surface area contributed by atoms with Crippen molar-refractivity contribution in [3.8, 4) is 0 Å². The molecule has 0 N–H and O–H groups in total. The van der Waals surface area contributed by atoms with E-state index in [1.807, 2.05) is 0 Å². The molecule has 5 nitrogen and oxygen atoms in total. The fourth-order valence-corrected chi connectivity index (χ4v) is 3.48. The third kappa shape index (κ3) is 7.72. The first-order chi connectivity index (χ1) is 12.6. The number of hydrogen-bond acceptors (Lipinski definition) is 4. The van der Waals surface area contributed by atoms with E-state index in [9.17, 15) is 26.7 Å². The van der Waals surface area contributed by atoms with Gasteiger partial charge in [0, 0.05) is 27.5 Å². The van der Waals surface area contributed by atoms with Crippen LogP contribution >= 0.6 is 11.3 Å². The van der Waals surface area contributed by atoms with Crippen LogP contribution in [-0.2, 0) is 16.0 Å². The van der Waals surface area contributed by atoms with Crippen molar-refractivity contribution in [2.24, 2.45) is 5.11 Å². The maximum absolute atomic E-state index is 13.0. The molecular weight excluding hydrogens is 393 g/mol. The number of carbonyl (C=O) groups excluding carboxylic acids is 1. The molecule has 0 spiro atoms. The summed E-state index contributed by atoms with van der Waals surface area (Å²) in [4.78, 5) is 15.3. The van der Waals surface area contributed by atoms with E-state index >= 15 is 0 Å². The minimum absolute atomic E-state index is 0.0992. The topological polar surface area (TPSA) is 75.1 Å². The Morgan fingerprint density at radius 2 is 1.96 bits per heavy atom. The Kier molecular flexibility index (Phi) is 8.98. The summed E-state index contributed by atoms with van der Waals surface area (Å²) >= 11 is 1.32. The Labute approximate surface area is 157 Å². The van der Waals surface area contributed by atoms with Gasteiger partial charge in [-0.3, -0.25) is 4.79 Å². The Morgan fingerprint density at radius 1 is 1.26 bits per heavy atom. The monoisotopic (exact) mass is 413 g/mol. The van der Waals surface area contributed by atoms with Crippen molar-refractivity contribution in [2.75, 3.05) is 7.11 Å². The van der Waals surface area contributed by atoms with E-state index in [1.54, 1.807) is 12.1 Å². The second kappa shape index (κ2) is 10.5. The van der Waals surface area contributed by atoms with Gasteiger partial charge in [-0.1, -0.05) is 5.11 Å². The van der Waals surface area contributed by atoms with Crippen molar-refractivity contribution >= 4 is 17.3 Å². The molecule has 0 aliphatic heterocycles. The number of thiophene rings is 1. The van der Waals surface area contributed by atoms with Crippen LogP contribution in [0.4, 0.5) is 22.0 Å². The van der Waals surface area contributed by atoms with Crippen LogP contribution in [-0.4, -0.2) is 25.2 Å². The molecule has 0 fully saturated rings. The normalized spacial score (nSPS) is 13.1. The molecule has 0 aromatic carbocycles. The van der Waals surface area contributed by atoms with Crippen molar-refractivity contribution in [2.45, 2.75) is 63.1 Å². The van der Waals surface area contributed by atoms with Crippen LogP contribution in [0, 0.1) is 0 Å². The lowest BCUT2D eigenvalue weighted by atomic mass is 10.1. The smallest absolute Gasteiger partial charge is 0.453 e. The van der Waals surface area contributed by atoms with E-state index in [0.29, 0.717) is 24.1 Å². The molecule has 0 radical (unpaired) electrons. The average Bonchev–Trinajstić information content (AvgIpc) is 3.05. The van der Waals surface area contributed by atoms with Crippen LogP contribution in [0.15, 0.2) is 17.2 Å². The zero-order valence-corrected chi connectivity index (χ0v) is 15.5. The Balaban J connectivity index is 2.57. The lowest BCUT2D eigenvalue weighted by Gasteiger charge is -2.20. The lowest BCUT2D eigenvalue weighted by molar-refractivity contribution is -0.284. The molecule has 0 saturated carbocycles. The predicted octanol–water partition coefficient (Wildman–Crippen LogP) is 6.35. The maximum atomic E-state index is 13.0. The molecule has 1 aromatic rings. The zero-order chi connectivity index (χ0) is 20.5. The molecule has 0 aliphatic rings. The van der Waals surface area contributed by atoms with Gasteiger partial charge < -0.3 is 4.74 Å². The number of carbonyl (C=O) groups is 1. The quantitative estimate of drug-likeness (QED) is 0.106. The van der Waals surface area contributed by atoms with Crippen LogP contribution in [0.3, 0.4) is 0 Å². The minimum atomic E-state index is -5.58. The summed E-state index contributed by atoms with van der Waals surface area (Å²) < 4.78 is 67.1. The number of esters is 1. The Morgan fingerprint density at radius 3 is 2.56 bits per heavy atom. The summed E-state index contributed by atoms with van der Waals surface area (Å²) in [5.74, 6) is -5.05. The average molecular weight is 413 g/mol. The van der Waals surface area contributed by atoms with Gasteiger partial charge in [-0.05, 0) is 49.8 Å². The number of hydrogen-bond donors (Lipinski definition) is 0. The number of methoxy groups -OCH3 is 1. The number of aryl methyl sites for hydroxylation is 1. The molecule has 1 heterocycles. The van der Waals surface area contributed by atoms with Crippen LogP contribution < -0.4 is 0 Å². The van der Waals surface area contributed by atoms with Crippen molar-refractivity contribution in [3.63, 3.8) is 0 Å². The van der Waals surface area contributed by atoms with Gasteiger partial charge in [-0.2, -0.15) is 22.0 Å². The molecule has 0 amide bonds. The third-order valence-electron chi connectivity index (χ3n) is 3.87. The van der Waals surface area contributed by atoms with E-state index in [-0.39, 0.29) is 12.4 Å². The number of azide groups is 1. The highest BCUT2D eigenvalue weighted by molar-refractivity contribution is 7.12. The second-order valence-electron chi connectivity index (χ2n) is 5.90. The SMILES string of the molecule is COC(=O)CCCCc1ccc(C(CCCC(F)(F)C(F)(F)F)N=[N+]=[N-])s1. The summed E-state index contributed by atoms with van der Waals surface area (Å²) in [5.41, 5.74) is 8.63. The van der Waals surface area contributed by atoms with Gasteiger partial charge in [0.05, 0.1) is 13.2 Å². The number of halogens is 5.